The molecule has 0 aromatic carbocycles. The number of aromatic nitrogens is 4. The Morgan fingerprint density at radius 1 is 1.44 bits per heavy atom. The van der Waals surface area contributed by atoms with Gasteiger partial charge in [0.1, 0.15) is 18.3 Å². The molecule has 0 radical (unpaired) electrons. The molecule has 0 aliphatic carbocycles. The lowest BCUT2D eigenvalue weighted by atomic mass is 10.2. The van der Waals surface area contributed by atoms with Gasteiger partial charge >= 0.3 is 0 Å². The quantitative estimate of drug-likeness (QED) is 0.814. The van der Waals surface area contributed by atoms with E-state index in [1.165, 1.54) is 6.33 Å². The maximum Gasteiger partial charge on any atom is 0.182 e. The Bertz CT molecular complexity index is 437. The molecule has 3 aliphatic heterocycles. The molecule has 0 aromatic rings. The van der Waals surface area contributed by atoms with Crippen LogP contribution in [0, 0.1) is 0 Å². The van der Waals surface area contributed by atoms with Crippen LogP contribution in [-0.2, 0) is 4.74 Å². The van der Waals surface area contributed by atoms with Gasteiger partial charge < -0.3 is 10.2 Å². The molecule has 3 aliphatic rings. The van der Waals surface area contributed by atoms with Crippen LogP contribution in [-0.4, -0.2) is 38.9 Å². The Labute approximate surface area is 93.0 Å². The van der Waals surface area contributed by atoms with Crippen LogP contribution in [0.1, 0.15) is 12.8 Å². The standard InChI is InChI=1S/C10H13N5O/c1-2-8(16-3-1)4-14-15-5-9-10(13-7-15)12-6-11-9/h5-8,14H,1-4H2. The largest absolute Gasteiger partial charge is 0.376 e. The van der Waals surface area contributed by atoms with E-state index in [4.69, 9.17) is 4.74 Å². The van der Waals surface area contributed by atoms with Crippen molar-refractivity contribution < 1.29 is 4.74 Å². The molecule has 3 heterocycles. The number of fused-ring (bicyclic) bond motifs is 1. The number of ether oxygens (including phenoxy) is 1. The predicted molar refractivity (Wildman–Crippen MR) is 57.6 cm³/mol. The predicted octanol–water partition coefficient (Wildman–Crippen LogP) is 0.500. The lowest BCUT2D eigenvalue weighted by molar-refractivity contribution is 0.118. The van der Waals surface area contributed by atoms with Crippen molar-refractivity contribution in [2.75, 3.05) is 18.6 Å². The van der Waals surface area contributed by atoms with Gasteiger partial charge in [0, 0.05) is 6.61 Å². The molecule has 0 spiro atoms. The van der Waals surface area contributed by atoms with Gasteiger partial charge in [-0.15, -0.1) is 0 Å². The molecule has 0 bridgehead atoms. The van der Waals surface area contributed by atoms with Gasteiger partial charge in [-0.25, -0.2) is 15.0 Å². The number of hydrogen-bond acceptors (Lipinski definition) is 5. The highest BCUT2D eigenvalue weighted by Crippen LogP contribution is 2.12. The number of nitrogens with zero attached hydrogens (tertiary/aromatic N) is 4. The number of hydrogen-bond donors (Lipinski definition) is 1. The summed E-state index contributed by atoms with van der Waals surface area (Å²) in [4.78, 5) is 12.3. The summed E-state index contributed by atoms with van der Waals surface area (Å²) in [5.41, 5.74) is 4.02. The number of imidazole rings is 1. The number of nitrogens with one attached hydrogen (secondary N) is 1. The van der Waals surface area contributed by atoms with Crippen molar-refractivity contribution in [3.05, 3.63) is 18.9 Å². The van der Waals surface area contributed by atoms with Gasteiger partial charge in [0.15, 0.2) is 5.82 Å². The summed E-state index contributed by atoms with van der Waals surface area (Å²) in [7, 11) is 0. The highest BCUT2D eigenvalue weighted by atomic mass is 16.5. The van der Waals surface area contributed by atoms with Crippen LogP contribution in [0.3, 0.4) is 0 Å². The van der Waals surface area contributed by atoms with E-state index in [9.17, 15) is 0 Å². The molecule has 0 saturated carbocycles. The first-order valence-corrected chi connectivity index (χ1v) is 5.42. The average Bonchev–Trinajstić information content (AvgIpc) is 2.97. The minimum absolute atomic E-state index is 0.314. The lowest BCUT2D eigenvalue weighted by Gasteiger charge is -2.14. The van der Waals surface area contributed by atoms with E-state index in [1.807, 2.05) is 6.20 Å². The molecule has 0 aromatic heterocycles. The summed E-state index contributed by atoms with van der Waals surface area (Å²) in [5.74, 6) is 0.676. The van der Waals surface area contributed by atoms with Crippen molar-refractivity contribution in [3.8, 4) is 11.5 Å². The van der Waals surface area contributed by atoms with Gasteiger partial charge in [0.25, 0.3) is 0 Å². The Morgan fingerprint density at radius 2 is 2.44 bits per heavy atom. The Morgan fingerprint density at radius 3 is 3.31 bits per heavy atom. The summed E-state index contributed by atoms with van der Waals surface area (Å²) in [6.07, 6.45) is 7.69. The van der Waals surface area contributed by atoms with Gasteiger partial charge in [0.05, 0.1) is 18.8 Å². The van der Waals surface area contributed by atoms with Crippen LogP contribution in [0.15, 0.2) is 18.9 Å². The van der Waals surface area contributed by atoms with Crippen molar-refractivity contribution in [1.29, 1.82) is 0 Å². The Hall–Kier alpha value is -1.69. The summed E-state index contributed by atoms with van der Waals surface area (Å²) < 4.78 is 7.33. The molecular weight excluding hydrogens is 206 g/mol. The van der Waals surface area contributed by atoms with E-state index in [1.54, 1.807) is 11.0 Å². The van der Waals surface area contributed by atoms with Crippen LogP contribution in [0.4, 0.5) is 0 Å². The summed E-state index contributed by atoms with van der Waals surface area (Å²) in [5, 5.41) is 0. The van der Waals surface area contributed by atoms with E-state index in [2.05, 4.69) is 20.4 Å². The zero-order valence-electron chi connectivity index (χ0n) is 8.83. The molecule has 0 amide bonds. The summed E-state index contributed by atoms with van der Waals surface area (Å²) in [6.45, 7) is 1.68. The molecule has 16 heavy (non-hydrogen) atoms. The highest BCUT2D eigenvalue weighted by molar-refractivity contribution is 5.47. The van der Waals surface area contributed by atoms with E-state index in [0.717, 1.165) is 31.7 Å². The highest BCUT2D eigenvalue weighted by Gasteiger charge is 2.15. The third-order valence-electron chi connectivity index (χ3n) is 2.70. The third kappa shape index (κ3) is 1.83. The maximum absolute atomic E-state index is 5.52. The second-order valence-corrected chi connectivity index (χ2v) is 3.86. The molecule has 1 fully saturated rings. The molecule has 3 rings (SSSR count). The molecule has 1 atom stereocenters. The van der Waals surface area contributed by atoms with Crippen molar-refractivity contribution in [1.82, 2.24) is 19.6 Å². The lowest BCUT2D eigenvalue weighted by Crippen LogP contribution is -2.25. The molecule has 1 unspecified atom stereocenters. The fraction of sp³-hybridized carbons (Fsp3) is 0.500. The topological polar surface area (TPSA) is 64.9 Å². The molecule has 84 valence electrons. The number of rotatable bonds is 3. The first kappa shape index (κ1) is 9.53. The van der Waals surface area contributed by atoms with Gasteiger partial charge in [0.2, 0.25) is 0 Å². The van der Waals surface area contributed by atoms with Crippen LogP contribution >= 0.6 is 0 Å². The van der Waals surface area contributed by atoms with Gasteiger partial charge in [-0.05, 0) is 12.8 Å². The van der Waals surface area contributed by atoms with Gasteiger partial charge in [-0.2, -0.15) is 0 Å². The zero-order chi connectivity index (χ0) is 10.8. The van der Waals surface area contributed by atoms with Crippen molar-refractivity contribution in [2.45, 2.75) is 18.9 Å². The zero-order valence-corrected chi connectivity index (χ0v) is 8.83. The fourth-order valence-electron chi connectivity index (χ4n) is 1.84. The smallest absolute Gasteiger partial charge is 0.182 e. The third-order valence-corrected chi connectivity index (χ3v) is 2.70. The SMILES string of the molecule is c1nc2cn(NCC3CCCO3)cnc-2n1. The maximum atomic E-state index is 5.52. The first-order chi connectivity index (χ1) is 7.92. The van der Waals surface area contributed by atoms with E-state index < -0.39 is 0 Å². The second-order valence-electron chi connectivity index (χ2n) is 3.86. The van der Waals surface area contributed by atoms with Crippen molar-refractivity contribution >= 4 is 0 Å². The fourth-order valence-corrected chi connectivity index (χ4v) is 1.84. The van der Waals surface area contributed by atoms with E-state index in [0.29, 0.717) is 11.9 Å². The van der Waals surface area contributed by atoms with Crippen LogP contribution in [0.25, 0.3) is 11.5 Å². The van der Waals surface area contributed by atoms with Crippen LogP contribution in [0.5, 0.6) is 0 Å². The molecular formula is C10H13N5O. The minimum atomic E-state index is 0.314. The minimum Gasteiger partial charge on any atom is -0.376 e. The van der Waals surface area contributed by atoms with Crippen LogP contribution in [0.2, 0.25) is 0 Å². The average molecular weight is 219 g/mol. The molecule has 6 heteroatoms. The Balaban J connectivity index is 1.67. The van der Waals surface area contributed by atoms with E-state index in [-0.39, 0.29) is 0 Å². The monoisotopic (exact) mass is 219 g/mol. The Kier molecular flexibility index (Phi) is 2.41. The molecule has 1 N–H and O–H groups in total. The van der Waals surface area contributed by atoms with Crippen molar-refractivity contribution in [2.24, 2.45) is 0 Å². The van der Waals surface area contributed by atoms with Gasteiger partial charge in [-0.1, -0.05) is 0 Å². The molecule has 6 nitrogen and oxygen atoms in total. The normalized spacial score (nSPS) is 20.4. The second kappa shape index (κ2) is 4.05. The van der Waals surface area contributed by atoms with Crippen molar-refractivity contribution in [3.63, 3.8) is 0 Å². The summed E-state index contributed by atoms with van der Waals surface area (Å²) in [6, 6.07) is 0. The van der Waals surface area contributed by atoms with E-state index >= 15 is 0 Å². The molecule has 1 saturated heterocycles. The van der Waals surface area contributed by atoms with Gasteiger partial charge in [-0.3, -0.25) is 4.68 Å². The summed E-state index contributed by atoms with van der Waals surface area (Å²) >= 11 is 0. The van der Waals surface area contributed by atoms with Crippen LogP contribution < -0.4 is 5.43 Å². The first-order valence-electron chi connectivity index (χ1n) is 5.42.